The van der Waals surface area contributed by atoms with Crippen LogP contribution in [0.2, 0.25) is 0 Å². The second kappa shape index (κ2) is 5.96. The van der Waals surface area contributed by atoms with Crippen LogP contribution in [-0.2, 0) is 17.8 Å². The molecule has 0 unspecified atom stereocenters. The summed E-state index contributed by atoms with van der Waals surface area (Å²) in [6.07, 6.45) is 2.02. The first-order chi connectivity index (χ1) is 8.75. The van der Waals surface area contributed by atoms with E-state index in [1.54, 1.807) is 6.20 Å². The minimum atomic E-state index is -0.00282. The van der Waals surface area contributed by atoms with Gasteiger partial charge in [0.1, 0.15) is 0 Å². The molecule has 0 spiro atoms. The van der Waals surface area contributed by atoms with Gasteiger partial charge in [0.25, 0.3) is 0 Å². The molecule has 18 heavy (non-hydrogen) atoms. The number of pyridine rings is 1. The standard InChI is InChI=1S/C15H16N2O/c1-12-6-2-3-7-13(12)11-17-15(18)10-14-8-4-5-9-16-14/h2-9H,10-11H2,1H3,(H,17,18). The maximum absolute atomic E-state index is 11.7. The normalized spacial score (nSPS) is 10.1. The Hall–Kier alpha value is -2.16. The molecule has 0 fully saturated rings. The van der Waals surface area contributed by atoms with E-state index in [9.17, 15) is 4.79 Å². The van der Waals surface area contributed by atoms with Crippen molar-refractivity contribution >= 4 is 5.91 Å². The minimum Gasteiger partial charge on any atom is -0.352 e. The van der Waals surface area contributed by atoms with Crippen LogP contribution in [-0.4, -0.2) is 10.9 Å². The molecular formula is C15H16N2O. The van der Waals surface area contributed by atoms with Crippen molar-refractivity contribution in [2.45, 2.75) is 19.9 Å². The fraction of sp³-hybridized carbons (Fsp3) is 0.200. The van der Waals surface area contributed by atoms with Crippen LogP contribution < -0.4 is 5.32 Å². The number of amides is 1. The molecule has 1 N–H and O–H groups in total. The third kappa shape index (κ3) is 3.42. The van der Waals surface area contributed by atoms with E-state index in [1.807, 2.05) is 49.4 Å². The number of benzene rings is 1. The Morgan fingerprint density at radius 3 is 2.67 bits per heavy atom. The molecule has 0 atom stereocenters. The van der Waals surface area contributed by atoms with Crippen LogP contribution in [0.15, 0.2) is 48.7 Å². The number of aryl methyl sites for hydroxylation is 1. The van der Waals surface area contributed by atoms with Crippen LogP contribution in [0.25, 0.3) is 0 Å². The van der Waals surface area contributed by atoms with Gasteiger partial charge in [-0.2, -0.15) is 0 Å². The van der Waals surface area contributed by atoms with Crippen molar-refractivity contribution < 1.29 is 4.79 Å². The van der Waals surface area contributed by atoms with Crippen LogP contribution in [0.4, 0.5) is 0 Å². The number of carbonyl (C=O) groups excluding carboxylic acids is 1. The minimum absolute atomic E-state index is 0.00282. The summed E-state index contributed by atoms with van der Waals surface area (Å²) in [6.45, 7) is 2.61. The summed E-state index contributed by atoms with van der Waals surface area (Å²) in [5, 5.41) is 2.91. The Kier molecular flexibility index (Phi) is 4.07. The van der Waals surface area contributed by atoms with Crippen LogP contribution >= 0.6 is 0 Å². The average Bonchev–Trinajstić information content (AvgIpc) is 2.39. The van der Waals surface area contributed by atoms with Gasteiger partial charge in [0.05, 0.1) is 6.42 Å². The Morgan fingerprint density at radius 1 is 1.17 bits per heavy atom. The van der Waals surface area contributed by atoms with Crippen molar-refractivity contribution in [3.63, 3.8) is 0 Å². The molecule has 0 radical (unpaired) electrons. The molecule has 1 amide bonds. The highest BCUT2D eigenvalue weighted by Gasteiger charge is 2.04. The van der Waals surface area contributed by atoms with Gasteiger partial charge >= 0.3 is 0 Å². The second-order valence-electron chi connectivity index (χ2n) is 4.20. The van der Waals surface area contributed by atoms with Crippen molar-refractivity contribution in [3.8, 4) is 0 Å². The molecule has 92 valence electrons. The summed E-state index contributed by atoms with van der Waals surface area (Å²) in [6, 6.07) is 13.6. The maximum atomic E-state index is 11.7. The lowest BCUT2D eigenvalue weighted by atomic mass is 10.1. The third-order valence-corrected chi connectivity index (χ3v) is 2.81. The monoisotopic (exact) mass is 240 g/mol. The first-order valence-electron chi connectivity index (χ1n) is 5.97. The van der Waals surface area contributed by atoms with Gasteiger partial charge in [-0.3, -0.25) is 9.78 Å². The summed E-state index contributed by atoms with van der Waals surface area (Å²) >= 11 is 0. The lowest BCUT2D eigenvalue weighted by molar-refractivity contribution is -0.120. The molecular weight excluding hydrogens is 224 g/mol. The number of nitrogens with one attached hydrogen (secondary N) is 1. The molecule has 0 aliphatic rings. The zero-order valence-electron chi connectivity index (χ0n) is 10.4. The fourth-order valence-corrected chi connectivity index (χ4v) is 1.73. The predicted molar refractivity (Wildman–Crippen MR) is 71.0 cm³/mol. The van der Waals surface area contributed by atoms with Crippen molar-refractivity contribution in [2.75, 3.05) is 0 Å². The highest BCUT2D eigenvalue weighted by molar-refractivity contribution is 5.78. The quantitative estimate of drug-likeness (QED) is 0.890. The Balaban J connectivity index is 1.88. The van der Waals surface area contributed by atoms with Crippen molar-refractivity contribution in [1.29, 1.82) is 0 Å². The molecule has 0 saturated heterocycles. The number of hydrogen-bond donors (Lipinski definition) is 1. The van der Waals surface area contributed by atoms with E-state index >= 15 is 0 Å². The third-order valence-electron chi connectivity index (χ3n) is 2.81. The summed E-state index contributed by atoms with van der Waals surface area (Å²) in [7, 11) is 0. The van der Waals surface area contributed by atoms with Crippen LogP contribution in [0.5, 0.6) is 0 Å². The van der Waals surface area contributed by atoms with Crippen LogP contribution in [0.3, 0.4) is 0 Å². The molecule has 1 aromatic heterocycles. The van der Waals surface area contributed by atoms with Gasteiger partial charge < -0.3 is 5.32 Å². The molecule has 0 aliphatic carbocycles. The van der Waals surface area contributed by atoms with Gasteiger partial charge in [0, 0.05) is 18.4 Å². The van der Waals surface area contributed by atoms with Gasteiger partial charge in [-0.1, -0.05) is 30.3 Å². The van der Waals surface area contributed by atoms with Crippen LogP contribution in [0, 0.1) is 6.92 Å². The van der Waals surface area contributed by atoms with E-state index in [0.29, 0.717) is 13.0 Å². The molecule has 2 aromatic rings. The fourth-order valence-electron chi connectivity index (χ4n) is 1.73. The highest BCUT2D eigenvalue weighted by Crippen LogP contribution is 2.06. The molecule has 0 aliphatic heterocycles. The number of rotatable bonds is 4. The largest absolute Gasteiger partial charge is 0.352 e. The summed E-state index contributed by atoms with van der Waals surface area (Å²) < 4.78 is 0. The molecule has 3 nitrogen and oxygen atoms in total. The van der Waals surface area contributed by atoms with Crippen molar-refractivity contribution in [1.82, 2.24) is 10.3 Å². The molecule has 0 bridgehead atoms. The highest BCUT2D eigenvalue weighted by atomic mass is 16.1. The van der Waals surface area contributed by atoms with E-state index in [2.05, 4.69) is 10.3 Å². The first-order valence-corrected chi connectivity index (χ1v) is 5.97. The van der Waals surface area contributed by atoms with E-state index in [1.165, 1.54) is 5.56 Å². The Labute approximate surface area is 107 Å². The summed E-state index contributed by atoms with van der Waals surface area (Å²) in [4.78, 5) is 15.9. The average molecular weight is 240 g/mol. The van der Waals surface area contributed by atoms with E-state index in [4.69, 9.17) is 0 Å². The van der Waals surface area contributed by atoms with E-state index in [0.717, 1.165) is 11.3 Å². The van der Waals surface area contributed by atoms with Gasteiger partial charge in [0.2, 0.25) is 5.91 Å². The zero-order chi connectivity index (χ0) is 12.8. The lowest BCUT2D eigenvalue weighted by Crippen LogP contribution is -2.25. The van der Waals surface area contributed by atoms with E-state index < -0.39 is 0 Å². The molecule has 1 heterocycles. The van der Waals surface area contributed by atoms with Crippen molar-refractivity contribution in [2.24, 2.45) is 0 Å². The van der Waals surface area contributed by atoms with Gasteiger partial charge in [-0.25, -0.2) is 0 Å². The number of hydrogen-bond acceptors (Lipinski definition) is 2. The van der Waals surface area contributed by atoms with E-state index in [-0.39, 0.29) is 5.91 Å². The first kappa shape index (κ1) is 12.3. The summed E-state index contributed by atoms with van der Waals surface area (Å²) in [5.74, 6) is -0.00282. The topological polar surface area (TPSA) is 42.0 Å². The number of aromatic nitrogens is 1. The lowest BCUT2D eigenvalue weighted by Gasteiger charge is -2.07. The second-order valence-corrected chi connectivity index (χ2v) is 4.20. The van der Waals surface area contributed by atoms with Gasteiger partial charge in [0.15, 0.2) is 0 Å². The smallest absolute Gasteiger partial charge is 0.226 e. The molecule has 2 rings (SSSR count). The van der Waals surface area contributed by atoms with Gasteiger partial charge in [-0.05, 0) is 30.2 Å². The van der Waals surface area contributed by atoms with Gasteiger partial charge in [-0.15, -0.1) is 0 Å². The van der Waals surface area contributed by atoms with Crippen molar-refractivity contribution in [3.05, 3.63) is 65.5 Å². The number of nitrogens with zero attached hydrogens (tertiary/aromatic N) is 1. The number of carbonyl (C=O) groups is 1. The molecule has 3 heteroatoms. The maximum Gasteiger partial charge on any atom is 0.226 e. The predicted octanol–water partition coefficient (Wildman–Crippen LogP) is 2.25. The zero-order valence-corrected chi connectivity index (χ0v) is 10.4. The Morgan fingerprint density at radius 2 is 1.94 bits per heavy atom. The van der Waals surface area contributed by atoms with Crippen LogP contribution in [0.1, 0.15) is 16.8 Å². The molecule has 1 aromatic carbocycles. The Bertz CT molecular complexity index is 523. The SMILES string of the molecule is Cc1ccccc1CNC(=O)Cc1ccccn1. The molecule has 0 saturated carbocycles. The summed E-state index contributed by atoms with van der Waals surface area (Å²) in [5.41, 5.74) is 3.13.